The summed E-state index contributed by atoms with van der Waals surface area (Å²) in [5.41, 5.74) is 6.54. The number of carbonyl (C=O) groups excluding carboxylic acids is 1. The molecule has 26 heavy (non-hydrogen) atoms. The Kier molecular flexibility index (Phi) is 6.09. The Morgan fingerprint density at radius 1 is 1.38 bits per heavy atom. The van der Waals surface area contributed by atoms with Gasteiger partial charge in [-0.2, -0.15) is 0 Å². The van der Waals surface area contributed by atoms with Crippen LogP contribution in [0.25, 0.3) is 10.2 Å². The van der Waals surface area contributed by atoms with Crippen LogP contribution in [0.3, 0.4) is 0 Å². The Morgan fingerprint density at radius 3 is 2.92 bits per heavy atom. The molecule has 0 fully saturated rings. The third-order valence-corrected chi connectivity index (χ3v) is 6.33. The highest BCUT2D eigenvalue weighted by molar-refractivity contribution is 7.20. The second-order valence-corrected chi connectivity index (χ2v) is 8.08. The highest BCUT2D eigenvalue weighted by atomic mass is 32.1. The van der Waals surface area contributed by atoms with Gasteiger partial charge in [-0.1, -0.05) is 26.2 Å². The number of nitrogens with one attached hydrogen (secondary N) is 1. The average Bonchev–Trinajstić information content (AvgIpc) is 2.81. The second kappa shape index (κ2) is 8.31. The summed E-state index contributed by atoms with van der Waals surface area (Å²) in [7, 11) is 0. The molecule has 1 amide bonds. The van der Waals surface area contributed by atoms with Crippen LogP contribution >= 0.6 is 11.3 Å². The minimum atomic E-state index is -0.142. The molecule has 1 aliphatic heterocycles. The first kappa shape index (κ1) is 19.0. The Hall–Kier alpha value is -1.73. The lowest BCUT2D eigenvalue weighted by atomic mass is 10.1. The van der Waals surface area contributed by atoms with Gasteiger partial charge in [0.2, 0.25) is 0 Å². The number of nitrogens with zero attached hydrogens (tertiary/aromatic N) is 2. The van der Waals surface area contributed by atoms with Crippen molar-refractivity contribution in [1.82, 2.24) is 14.9 Å². The van der Waals surface area contributed by atoms with Crippen molar-refractivity contribution in [2.75, 3.05) is 6.54 Å². The van der Waals surface area contributed by atoms with Crippen molar-refractivity contribution in [2.45, 2.75) is 71.4 Å². The number of thiophene rings is 1. The molecule has 0 bridgehead atoms. The molecule has 6 nitrogen and oxygen atoms in total. The maximum Gasteiger partial charge on any atom is 0.262 e. The number of amides is 1. The predicted molar refractivity (Wildman–Crippen MR) is 106 cm³/mol. The average molecular weight is 377 g/mol. The molecule has 3 rings (SSSR count). The van der Waals surface area contributed by atoms with Crippen LogP contribution in [0.5, 0.6) is 0 Å². The number of unbranched alkanes of at least 4 members (excludes halogenated alkanes) is 1. The number of fused-ring (bicyclic) bond motifs is 2. The van der Waals surface area contributed by atoms with Crippen LogP contribution in [0.2, 0.25) is 0 Å². The number of rotatable bonds is 6. The molecule has 0 saturated carbocycles. The van der Waals surface area contributed by atoms with Crippen molar-refractivity contribution in [3.8, 4) is 0 Å². The van der Waals surface area contributed by atoms with Crippen LogP contribution in [-0.4, -0.2) is 28.0 Å². The minimum absolute atomic E-state index is 0.000979. The van der Waals surface area contributed by atoms with Gasteiger partial charge in [-0.05, 0) is 31.7 Å². The van der Waals surface area contributed by atoms with Crippen LogP contribution in [0.4, 0.5) is 0 Å². The standard InChI is InChI=1S/C19H28N4O2S/c1-3-4-8-13(11-20)21-17(24)16-12(2)15-18(26-16)22-14-9-6-5-7-10-23(14)19(15)25/h13H,3-11,20H2,1-2H3,(H,21,24). The summed E-state index contributed by atoms with van der Waals surface area (Å²) in [5.74, 6) is 0.715. The smallest absolute Gasteiger partial charge is 0.262 e. The number of carbonyl (C=O) groups is 1. The van der Waals surface area contributed by atoms with Crippen molar-refractivity contribution in [3.05, 3.63) is 26.6 Å². The Morgan fingerprint density at radius 2 is 2.19 bits per heavy atom. The monoisotopic (exact) mass is 376 g/mol. The Bertz CT molecular complexity index is 855. The molecule has 3 N–H and O–H groups in total. The number of aryl methyl sites for hydroxylation is 2. The summed E-state index contributed by atoms with van der Waals surface area (Å²) in [4.78, 5) is 31.7. The van der Waals surface area contributed by atoms with Crippen molar-refractivity contribution < 1.29 is 4.79 Å². The molecule has 2 aromatic rings. The van der Waals surface area contributed by atoms with E-state index in [2.05, 4.69) is 12.2 Å². The molecule has 1 atom stereocenters. The number of nitrogens with two attached hydrogens (primary N) is 1. The number of hydrogen-bond donors (Lipinski definition) is 2. The minimum Gasteiger partial charge on any atom is -0.347 e. The van der Waals surface area contributed by atoms with E-state index >= 15 is 0 Å². The summed E-state index contributed by atoms with van der Waals surface area (Å²) in [5, 5.41) is 3.63. The molecule has 7 heteroatoms. The van der Waals surface area contributed by atoms with E-state index < -0.39 is 0 Å². The van der Waals surface area contributed by atoms with E-state index in [9.17, 15) is 9.59 Å². The molecule has 2 aromatic heterocycles. The topological polar surface area (TPSA) is 90.0 Å². The zero-order valence-electron chi connectivity index (χ0n) is 15.6. The number of hydrogen-bond acceptors (Lipinski definition) is 5. The molecule has 0 radical (unpaired) electrons. The van der Waals surface area contributed by atoms with E-state index in [1.54, 1.807) is 4.57 Å². The fourth-order valence-corrected chi connectivity index (χ4v) is 4.67. The van der Waals surface area contributed by atoms with Crippen LogP contribution < -0.4 is 16.6 Å². The molecule has 3 heterocycles. The quantitative estimate of drug-likeness (QED) is 0.811. The van der Waals surface area contributed by atoms with Gasteiger partial charge < -0.3 is 11.1 Å². The van der Waals surface area contributed by atoms with Crippen LogP contribution in [-0.2, 0) is 13.0 Å². The van der Waals surface area contributed by atoms with Crippen molar-refractivity contribution in [2.24, 2.45) is 5.73 Å². The summed E-state index contributed by atoms with van der Waals surface area (Å²) >= 11 is 1.32. The molecule has 142 valence electrons. The van der Waals surface area contributed by atoms with Crippen LogP contribution in [0.15, 0.2) is 4.79 Å². The van der Waals surface area contributed by atoms with Crippen LogP contribution in [0.1, 0.15) is 66.5 Å². The lowest BCUT2D eigenvalue weighted by molar-refractivity contribution is 0.0939. The van der Waals surface area contributed by atoms with Gasteiger partial charge in [0.25, 0.3) is 11.5 Å². The first-order chi connectivity index (χ1) is 12.6. The van der Waals surface area contributed by atoms with Gasteiger partial charge in [0.05, 0.1) is 10.3 Å². The van der Waals surface area contributed by atoms with Gasteiger partial charge in [-0.3, -0.25) is 14.2 Å². The molecule has 0 saturated heterocycles. The zero-order valence-corrected chi connectivity index (χ0v) is 16.5. The van der Waals surface area contributed by atoms with Crippen molar-refractivity contribution >= 4 is 27.5 Å². The fraction of sp³-hybridized carbons (Fsp3) is 0.632. The maximum atomic E-state index is 13.0. The van der Waals surface area contributed by atoms with Crippen molar-refractivity contribution in [3.63, 3.8) is 0 Å². The van der Waals surface area contributed by atoms with E-state index in [1.807, 2.05) is 6.92 Å². The van der Waals surface area contributed by atoms with Gasteiger partial charge in [0.1, 0.15) is 10.7 Å². The van der Waals surface area contributed by atoms with Gasteiger partial charge in [0, 0.05) is 25.6 Å². The normalized spacial score (nSPS) is 15.5. The maximum absolute atomic E-state index is 13.0. The van der Waals surface area contributed by atoms with E-state index in [1.165, 1.54) is 11.3 Å². The summed E-state index contributed by atoms with van der Waals surface area (Å²) in [6.45, 7) is 5.11. The van der Waals surface area contributed by atoms with Gasteiger partial charge in [0.15, 0.2) is 0 Å². The predicted octanol–water partition coefficient (Wildman–Crippen LogP) is 2.74. The largest absolute Gasteiger partial charge is 0.347 e. The lowest BCUT2D eigenvalue weighted by Crippen LogP contribution is -2.40. The second-order valence-electron chi connectivity index (χ2n) is 7.08. The molecular formula is C19H28N4O2S. The molecular weight excluding hydrogens is 348 g/mol. The number of aromatic nitrogens is 2. The summed E-state index contributed by atoms with van der Waals surface area (Å²) in [6.07, 6.45) is 7.00. The van der Waals surface area contributed by atoms with E-state index in [0.29, 0.717) is 21.6 Å². The highest BCUT2D eigenvalue weighted by Crippen LogP contribution is 2.28. The highest BCUT2D eigenvalue weighted by Gasteiger charge is 2.23. The molecule has 1 aliphatic rings. The van der Waals surface area contributed by atoms with E-state index in [4.69, 9.17) is 10.7 Å². The third-order valence-electron chi connectivity index (χ3n) is 5.14. The SMILES string of the molecule is CCCCC(CN)NC(=O)c1sc2nc3n(c(=O)c2c1C)CCCCC3. The lowest BCUT2D eigenvalue weighted by Gasteiger charge is -2.16. The molecule has 0 aromatic carbocycles. The Balaban J connectivity index is 1.95. The summed E-state index contributed by atoms with van der Waals surface area (Å²) in [6, 6.07) is -0.0298. The zero-order chi connectivity index (χ0) is 18.7. The molecule has 0 spiro atoms. The Labute approximate surface area is 157 Å². The molecule has 1 unspecified atom stereocenters. The van der Waals surface area contributed by atoms with Gasteiger partial charge in [-0.15, -0.1) is 11.3 Å². The van der Waals surface area contributed by atoms with Gasteiger partial charge >= 0.3 is 0 Å². The van der Waals surface area contributed by atoms with Crippen molar-refractivity contribution in [1.29, 1.82) is 0 Å². The fourth-order valence-electron chi connectivity index (χ4n) is 3.58. The van der Waals surface area contributed by atoms with E-state index in [0.717, 1.165) is 62.9 Å². The first-order valence-electron chi connectivity index (χ1n) is 9.60. The third kappa shape index (κ3) is 3.69. The molecule has 0 aliphatic carbocycles. The van der Waals surface area contributed by atoms with E-state index in [-0.39, 0.29) is 17.5 Å². The summed E-state index contributed by atoms with van der Waals surface area (Å²) < 4.78 is 1.81. The first-order valence-corrected chi connectivity index (χ1v) is 10.4. The van der Waals surface area contributed by atoms with Crippen LogP contribution in [0, 0.1) is 6.92 Å². The van der Waals surface area contributed by atoms with Gasteiger partial charge in [-0.25, -0.2) is 4.98 Å².